The van der Waals surface area contributed by atoms with Crippen LogP contribution in [-0.2, 0) is 4.74 Å². The Bertz CT molecular complexity index is 518. The van der Waals surface area contributed by atoms with E-state index < -0.39 is 0 Å². The van der Waals surface area contributed by atoms with Crippen molar-refractivity contribution in [2.24, 2.45) is 0 Å². The molecule has 1 saturated heterocycles. The summed E-state index contributed by atoms with van der Waals surface area (Å²) in [5.41, 5.74) is 1.45. The lowest BCUT2D eigenvalue weighted by atomic mass is 10.3. The first-order valence-electron chi connectivity index (χ1n) is 5.79. The number of nitrogens with one attached hydrogen (secondary N) is 1. The van der Waals surface area contributed by atoms with Crippen LogP contribution in [-0.4, -0.2) is 40.0 Å². The Balaban J connectivity index is 1.82. The summed E-state index contributed by atoms with van der Waals surface area (Å²) in [7, 11) is 0. The fourth-order valence-electron chi connectivity index (χ4n) is 1.71. The average Bonchev–Trinajstić information content (AvgIpc) is 2.90. The summed E-state index contributed by atoms with van der Waals surface area (Å²) in [5.74, 6) is 0.909. The highest BCUT2D eigenvalue weighted by Crippen LogP contribution is 2.19. The van der Waals surface area contributed by atoms with Crippen molar-refractivity contribution in [3.05, 3.63) is 23.7 Å². The fraction of sp³-hybridized carbons (Fsp3) is 0.455. The second kappa shape index (κ2) is 4.79. The van der Waals surface area contributed by atoms with Crippen LogP contribution in [0.15, 0.2) is 16.7 Å². The van der Waals surface area contributed by atoms with Gasteiger partial charge in [0.25, 0.3) is 5.89 Å². The molecule has 0 unspecified atom stereocenters. The molecular formula is C11H13N5O2. The molecule has 1 N–H and O–H groups in total. The third-order valence-corrected chi connectivity index (χ3v) is 2.67. The van der Waals surface area contributed by atoms with Gasteiger partial charge in [0, 0.05) is 13.1 Å². The van der Waals surface area contributed by atoms with E-state index in [1.807, 2.05) is 19.1 Å². The van der Waals surface area contributed by atoms with Gasteiger partial charge >= 0.3 is 0 Å². The van der Waals surface area contributed by atoms with Gasteiger partial charge in [0.2, 0.25) is 5.82 Å². The summed E-state index contributed by atoms with van der Waals surface area (Å²) in [6.45, 7) is 4.05. The van der Waals surface area contributed by atoms with Crippen molar-refractivity contribution in [1.29, 1.82) is 0 Å². The van der Waals surface area contributed by atoms with Crippen LogP contribution in [0.3, 0.4) is 0 Å². The van der Waals surface area contributed by atoms with Gasteiger partial charge in [-0.05, 0) is 19.1 Å². The molecule has 2 aromatic heterocycles. The largest absolute Gasteiger partial charge is 0.366 e. The Morgan fingerprint density at radius 2 is 2.28 bits per heavy atom. The topological polar surface area (TPSA) is 86.0 Å². The van der Waals surface area contributed by atoms with Crippen molar-refractivity contribution in [2.75, 3.05) is 19.7 Å². The van der Waals surface area contributed by atoms with Gasteiger partial charge in [0.1, 0.15) is 11.8 Å². The lowest BCUT2D eigenvalue weighted by Crippen LogP contribution is -2.33. The molecular weight excluding hydrogens is 234 g/mol. The summed E-state index contributed by atoms with van der Waals surface area (Å²) >= 11 is 0. The summed E-state index contributed by atoms with van der Waals surface area (Å²) in [6, 6.07) is 3.67. The van der Waals surface area contributed by atoms with Crippen LogP contribution in [0, 0.1) is 6.92 Å². The minimum absolute atomic E-state index is 0.182. The van der Waals surface area contributed by atoms with Crippen LogP contribution < -0.4 is 5.32 Å². The Kier molecular flexibility index (Phi) is 2.99. The van der Waals surface area contributed by atoms with Crippen molar-refractivity contribution < 1.29 is 9.26 Å². The Morgan fingerprint density at radius 1 is 1.33 bits per heavy atom. The summed E-state index contributed by atoms with van der Waals surface area (Å²) < 4.78 is 10.7. The smallest absolute Gasteiger partial charge is 0.257 e. The van der Waals surface area contributed by atoms with E-state index in [9.17, 15) is 0 Å². The number of aromatic nitrogens is 4. The molecule has 7 nitrogen and oxygen atoms in total. The number of morpholine rings is 1. The van der Waals surface area contributed by atoms with E-state index in [2.05, 4.69) is 25.7 Å². The van der Waals surface area contributed by atoms with Gasteiger partial charge in [-0.25, -0.2) is 0 Å². The van der Waals surface area contributed by atoms with E-state index >= 15 is 0 Å². The number of hydrogen-bond acceptors (Lipinski definition) is 7. The Morgan fingerprint density at radius 3 is 3.00 bits per heavy atom. The number of aryl methyl sites for hydroxylation is 1. The van der Waals surface area contributed by atoms with Crippen molar-refractivity contribution in [3.63, 3.8) is 0 Å². The van der Waals surface area contributed by atoms with E-state index in [1.54, 1.807) is 0 Å². The van der Waals surface area contributed by atoms with Gasteiger partial charge in [-0.1, -0.05) is 5.16 Å². The third kappa shape index (κ3) is 2.22. The average molecular weight is 247 g/mol. The molecule has 0 radical (unpaired) electrons. The molecule has 0 saturated carbocycles. The lowest BCUT2D eigenvalue weighted by Gasteiger charge is -2.19. The maximum Gasteiger partial charge on any atom is 0.257 e. The summed E-state index contributed by atoms with van der Waals surface area (Å²) in [6.07, 6.45) is -0.182. The van der Waals surface area contributed by atoms with Crippen molar-refractivity contribution in [2.45, 2.75) is 13.0 Å². The standard InChI is InChI=1S/C11H13N5O2/c1-7-2-3-8(15-14-7)10-13-11(18-16-10)9-6-12-4-5-17-9/h2-3,9,12H,4-6H2,1H3/t9-/m0/s1. The van der Waals surface area contributed by atoms with Gasteiger partial charge < -0.3 is 14.6 Å². The van der Waals surface area contributed by atoms with Crippen LogP contribution in [0.25, 0.3) is 11.5 Å². The van der Waals surface area contributed by atoms with Crippen LogP contribution in [0.5, 0.6) is 0 Å². The number of nitrogens with zero attached hydrogens (tertiary/aromatic N) is 4. The van der Waals surface area contributed by atoms with Crippen molar-refractivity contribution >= 4 is 0 Å². The minimum atomic E-state index is -0.182. The molecule has 94 valence electrons. The molecule has 0 aliphatic carbocycles. The zero-order valence-electron chi connectivity index (χ0n) is 9.96. The Hall–Kier alpha value is -1.86. The van der Waals surface area contributed by atoms with Gasteiger partial charge in [-0.2, -0.15) is 10.1 Å². The predicted molar refractivity (Wildman–Crippen MR) is 61.6 cm³/mol. The fourth-order valence-corrected chi connectivity index (χ4v) is 1.71. The normalized spacial score (nSPS) is 19.9. The lowest BCUT2D eigenvalue weighted by molar-refractivity contribution is 0.00755. The van der Waals surface area contributed by atoms with Gasteiger partial charge in [0.05, 0.1) is 12.3 Å². The molecule has 0 bridgehead atoms. The highest BCUT2D eigenvalue weighted by Gasteiger charge is 2.22. The highest BCUT2D eigenvalue weighted by molar-refractivity contribution is 5.46. The molecule has 3 rings (SSSR count). The quantitative estimate of drug-likeness (QED) is 0.826. The first-order valence-corrected chi connectivity index (χ1v) is 5.79. The molecule has 0 amide bonds. The summed E-state index contributed by atoms with van der Waals surface area (Å²) in [5, 5.41) is 15.1. The minimum Gasteiger partial charge on any atom is -0.366 e. The molecule has 7 heteroatoms. The van der Waals surface area contributed by atoms with Gasteiger partial charge in [-0.3, -0.25) is 0 Å². The zero-order chi connectivity index (χ0) is 12.4. The number of ether oxygens (including phenoxy) is 1. The molecule has 1 fully saturated rings. The maximum atomic E-state index is 5.54. The Labute approximate surface area is 104 Å². The number of rotatable bonds is 2. The molecule has 3 heterocycles. The third-order valence-electron chi connectivity index (χ3n) is 2.67. The molecule has 1 aliphatic heterocycles. The van der Waals surface area contributed by atoms with Crippen LogP contribution in [0.1, 0.15) is 17.7 Å². The number of hydrogen-bond donors (Lipinski definition) is 1. The van der Waals surface area contributed by atoms with Gasteiger partial charge in [-0.15, -0.1) is 5.10 Å². The van der Waals surface area contributed by atoms with Crippen LogP contribution in [0.2, 0.25) is 0 Å². The highest BCUT2D eigenvalue weighted by atomic mass is 16.5. The van der Waals surface area contributed by atoms with E-state index in [-0.39, 0.29) is 6.10 Å². The molecule has 1 atom stereocenters. The van der Waals surface area contributed by atoms with Gasteiger partial charge in [0.15, 0.2) is 0 Å². The monoisotopic (exact) mass is 247 g/mol. The SMILES string of the molecule is Cc1ccc(-c2noc([C@@H]3CNCCO3)n2)nn1. The second-order valence-corrected chi connectivity index (χ2v) is 4.08. The molecule has 0 spiro atoms. The zero-order valence-corrected chi connectivity index (χ0v) is 9.96. The first-order chi connectivity index (χ1) is 8.83. The van der Waals surface area contributed by atoms with Crippen LogP contribution in [0.4, 0.5) is 0 Å². The second-order valence-electron chi connectivity index (χ2n) is 4.08. The maximum absolute atomic E-state index is 5.54. The molecule has 18 heavy (non-hydrogen) atoms. The van der Waals surface area contributed by atoms with Crippen molar-refractivity contribution in [3.8, 4) is 11.5 Å². The first kappa shape index (κ1) is 11.2. The summed E-state index contributed by atoms with van der Waals surface area (Å²) in [4.78, 5) is 4.29. The molecule has 2 aromatic rings. The van der Waals surface area contributed by atoms with E-state index in [0.29, 0.717) is 30.6 Å². The van der Waals surface area contributed by atoms with Crippen molar-refractivity contribution in [1.82, 2.24) is 25.7 Å². The predicted octanol–water partition coefficient (Wildman–Crippen LogP) is 0.496. The van der Waals surface area contributed by atoms with E-state index in [1.165, 1.54) is 0 Å². The molecule has 1 aliphatic rings. The van der Waals surface area contributed by atoms with E-state index in [4.69, 9.17) is 9.26 Å². The van der Waals surface area contributed by atoms with Crippen LogP contribution >= 0.6 is 0 Å². The van der Waals surface area contributed by atoms with E-state index in [0.717, 1.165) is 12.2 Å². The molecule has 0 aromatic carbocycles.